The normalized spacial score (nSPS) is 17.3. The molecule has 0 spiro atoms. The molecule has 40 heavy (non-hydrogen) atoms. The highest BCUT2D eigenvalue weighted by Crippen LogP contribution is 2.48. The van der Waals surface area contributed by atoms with Gasteiger partial charge < -0.3 is 4.74 Å². The van der Waals surface area contributed by atoms with Gasteiger partial charge in [0.2, 0.25) is 0 Å². The minimum absolute atomic E-state index is 0.104. The van der Waals surface area contributed by atoms with Crippen LogP contribution in [-0.4, -0.2) is 46.1 Å². The maximum atomic E-state index is 15.2. The van der Waals surface area contributed by atoms with Gasteiger partial charge in [-0.2, -0.15) is 13.2 Å². The molecule has 4 aromatic rings. The van der Waals surface area contributed by atoms with Gasteiger partial charge in [0.25, 0.3) is 0 Å². The standard InChI is InChI=1S/C29H23F4N3O3S/c30-21-13-17(14-36-15-18(16-36)26(37)39-27(38)29(31,32)33)7-8-20(21)24-34-22-9-10-23(35-25(22)40-24)28(11-4-12-28)19-5-2-1-3-6-19/h1-3,5-10,13,18H,4,11-12,14-16H2. The number of esters is 2. The van der Waals surface area contributed by atoms with Crippen LogP contribution in [-0.2, 0) is 26.3 Å². The number of thiazole rings is 1. The van der Waals surface area contributed by atoms with E-state index in [1.165, 1.54) is 23.0 Å². The van der Waals surface area contributed by atoms with Crippen LogP contribution < -0.4 is 0 Å². The van der Waals surface area contributed by atoms with Crippen molar-refractivity contribution in [3.63, 3.8) is 0 Å². The highest BCUT2D eigenvalue weighted by molar-refractivity contribution is 7.21. The number of ether oxygens (including phenoxy) is 1. The quantitative estimate of drug-likeness (QED) is 0.160. The molecular weight excluding hydrogens is 546 g/mol. The summed E-state index contributed by atoms with van der Waals surface area (Å²) in [6.45, 7) is 0.522. The van der Waals surface area contributed by atoms with Gasteiger partial charge in [0, 0.05) is 30.6 Å². The number of likely N-dealkylation sites (tertiary alicyclic amines) is 1. The Hall–Kier alpha value is -3.70. The van der Waals surface area contributed by atoms with Crippen LogP contribution in [0.5, 0.6) is 0 Å². The Balaban J connectivity index is 1.14. The van der Waals surface area contributed by atoms with Crippen molar-refractivity contribution in [3.8, 4) is 10.6 Å². The molecule has 1 aliphatic heterocycles. The van der Waals surface area contributed by atoms with E-state index in [-0.39, 0.29) is 18.5 Å². The van der Waals surface area contributed by atoms with Crippen molar-refractivity contribution in [2.45, 2.75) is 37.4 Å². The van der Waals surface area contributed by atoms with Gasteiger partial charge in [-0.05, 0) is 48.2 Å². The fourth-order valence-corrected chi connectivity index (χ4v) is 6.31. The third-order valence-electron chi connectivity index (χ3n) is 7.66. The largest absolute Gasteiger partial charge is 0.491 e. The summed E-state index contributed by atoms with van der Waals surface area (Å²) in [4.78, 5) is 34.7. The van der Waals surface area contributed by atoms with Gasteiger partial charge in [-0.15, -0.1) is 0 Å². The van der Waals surface area contributed by atoms with E-state index >= 15 is 4.39 Å². The van der Waals surface area contributed by atoms with E-state index in [1.54, 1.807) is 17.0 Å². The Morgan fingerprint density at radius 2 is 1.77 bits per heavy atom. The number of alkyl halides is 3. The topological polar surface area (TPSA) is 72.4 Å². The van der Waals surface area contributed by atoms with Gasteiger partial charge in [0.1, 0.15) is 21.2 Å². The first-order valence-electron chi connectivity index (χ1n) is 12.8. The first kappa shape index (κ1) is 26.5. The number of hydrogen-bond acceptors (Lipinski definition) is 7. The third kappa shape index (κ3) is 4.88. The molecule has 0 atom stereocenters. The number of hydrogen-bond donors (Lipinski definition) is 0. The number of rotatable bonds is 6. The minimum Gasteiger partial charge on any atom is -0.386 e. The molecule has 11 heteroatoms. The number of benzene rings is 2. The number of nitrogens with zero attached hydrogens (tertiary/aromatic N) is 3. The van der Waals surface area contributed by atoms with Gasteiger partial charge in [-0.1, -0.05) is 54.2 Å². The third-order valence-corrected chi connectivity index (χ3v) is 8.66. The number of carbonyl (C=O) groups is 2. The number of fused-ring (bicyclic) bond motifs is 1. The summed E-state index contributed by atoms with van der Waals surface area (Å²) in [5, 5.41) is 0.521. The average molecular weight is 570 g/mol. The van der Waals surface area contributed by atoms with Crippen molar-refractivity contribution >= 4 is 33.6 Å². The van der Waals surface area contributed by atoms with Crippen molar-refractivity contribution in [1.82, 2.24) is 14.9 Å². The van der Waals surface area contributed by atoms with Gasteiger partial charge in [-0.3, -0.25) is 9.69 Å². The molecule has 0 bridgehead atoms. The Bertz CT molecular complexity index is 1600. The monoisotopic (exact) mass is 569 g/mol. The van der Waals surface area contributed by atoms with Gasteiger partial charge in [-0.25, -0.2) is 19.2 Å². The average Bonchev–Trinajstić information content (AvgIpc) is 3.28. The lowest BCUT2D eigenvalue weighted by molar-refractivity contribution is -0.204. The summed E-state index contributed by atoms with van der Waals surface area (Å²) in [6.07, 6.45) is -2.02. The number of halogens is 4. The minimum atomic E-state index is -5.22. The molecule has 2 aromatic carbocycles. The van der Waals surface area contributed by atoms with Gasteiger partial charge in [0.05, 0.1) is 11.6 Å². The fraction of sp³-hybridized carbons (Fsp3) is 0.310. The smallest absolute Gasteiger partial charge is 0.386 e. The summed E-state index contributed by atoms with van der Waals surface area (Å²) >= 11 is 1.34. The summed E-state index contributed by atoms with van der Waals surface area (Å²) < 4.78 is 55.9. The van der Waals surface area contributed by atoms with Crippen LogP contribution in [0, 0.1) is 11.7 Å². The lowest BCUT2D eigenvalue weighted by Gasteiger charge is -2.42. The molecule has 2 aromatic heterocycles. The molecule has 6 rings (SSSR count). The molecule has 1 saturated carbocycles. The van der Waals surface area contributed by atoms with Crippen LogP contribution in [0.15, 0.2) is 60.7 Å². The van der Waals surface area contributed by atoms with Crippen LogP contribution in [0.3, 0.4) is 0 Å². The predicted octanol–water partition coefficient (Wildman–Crippen LogP) is 6.03. The second-order valence-corrected chi connectivity index (χ2v) is 11.2. The zero-order valence-corrected chi connectivity index (χ0v) is 21.9. The van der Waals surface area contributed by atoms with E-state index in [2.05, 4.69) is 21.9 Å². The lowest BCUT2D eigenvalue weighted by atomic mass is 9.62. The molecule has 0 N–H and O–H groups in total. The Morgan fingerprint density at radius 1 is 1.02 bits per heavy atom. The van der Waals surface area contributed by atoms with E-state index in [0.29, 0.717) is 28.2 Å². The van der Waals surface area contributed by atoms with Gasteiger partial charge >= 0.3 is 18.1 Å². The maximum absolute atomic E-state index is 15.2. The lowest BCUT2D eigenvalue weighted by Crippen LogP contribution is -2.51. The van der Waals surface area contributed by atoms with Crippen LogP contribution in [0.2, 0.25) is 0 Å². The molecule has 0 radical (unpaired) electrons. The van der Waals surface area contributed by atoms with Crippen molar-refractivity contribution in [3.05, 3.63) is 83.3 Å². The molecule has 6 nitrogen and oxygen atoms in total. The van der Waals surface area contributed by atoms with Crippen molar-refractivity contribution < 1.29 is 31.9 Å². The molecule has 2 aliphatic rings. The summed E-state index contributed by atoms with van der Waals surface area (Å²) in [5.41, 5.74) is 3.84. The molecule has 0 unspecified atom stereocenters. The predicted molar refractivity (Wildman–Crippen MR) is 140 cm³/mol. The zero-order valence-electron chi connectivity index (χ0n) is 21.1. The van der Waals surface area contributed by atoms with E-state index in [9.17, 15) is 22.8 Å². The molecule has 3 heterocycles. The highest BCUT2D eigenvalue weighted by Gasteiger charge is 2.45. The van der Waals surface area contributed by atoms with Crippen molar-refractivity contribution in [2.75, 3.05) is 13.1 Å². The molecule has 1 aliphatic carbocycles. The van der Waals surface area contributed by atoms with Crippen molar-refractivity contribution in [2.24, 2.45) is 5.92 Å². The zero-order chi connectivity index (χ0) is 28.1. The van der Waals surface area contributed by atoms with Crippen molar-refractivity contribution in [1.29, 1.82) is 0 Å². The van der Waals surface area contributed by atoms with E-state index in [4.69, 9.17) is 4.98 Å². The van der Waals surface area contributed by atoms with Gasteiger partial charge in [0.15, 0.2) is 0 Å². The fourth-order valence-electron chi connectivity index (χ4n) is 5.35. The SMILES string of the molecule is O=C(OC(=O)C(F)(F)F)C1CN(Cc2ccc(-c3nc4ccc(C5(c6ccccc6)CCC5)nc4s3)c(F)c2)C1. The van der Waals surface area contributed by atoms with E-state index in [1.807, 2.05) is 30.3 Å². The van der Waals surface area contributed by atoms with Crippen LogP contribution in [0.1, 0.15) is 36.1 Å². The second-order valence-electron chi connectivity index (χ2n) is 10.3. The number of pyridine rings is 1. The molecule has 206 valence electrons. The first-order chi connectivity index (χ1) is 19.1. The summed E-state index contributed by atoms with van der Waals surface area (Å²) in [5.74, 6) is -5.02. The molecular formula is C29H23F4N3O3S. The van der Waals surface area contributed by atoms with Crippen LogP contribution >= 0.6 is 11.3 Å². The molecule has 2 fully saturated rings. The number of carbonyl (C=O) groups excluding carboxylic acids is 2. The molecule has 1 saturated heterocycles. The highest BCUT2D eigenvalue weighted by atomic mass is 32.1. The summed E-state index contributed by atoms with van der Waals surface area (Å²) in [7, 11) is 0. The Morgan fingerprint density at radius 3 is 2.42 bits per heavy atom. The van der Waals surface area contributed by atoms with Crippen LogP contribution in [0.25, 0.3) is 20.9 Å². The Kier molecular flexibility index (Phi) is 6.66. The number of aromatic nitrogens is 2. The van der Waals surface area contributed by atoms with E-state index < -0.39 is 29.9 Å². The maximum Gasteiger partial charge on any atom is 0.491 e. The molecule has 0 amide bonds. The first-order valence-corrected chi connectivity index (χ1v) is 13.6. The van der Waals surface area contributed by atoms with Crippen LogP contribution in [0.4, 0.5) is 17.6 Å². The summed E-state index contributed by atoms with van der Waals surface area (Å²) in [6, 6.07) is 19.1. The van der Waals surface area contributed by atoms with E-state index in [0.717, 1.165) is 29.8 Å². The Labute approximate surface area is 230 Å². The second kappa shape index (κ2) is 10.0.